The van der Waals surface area contributed by atoms with Crippen LogP contribution in [0, 0.1) is 20.8 Å². The molecule has 0 saturated carbocycles. The number of morpholine rings is 1. The van der Waals surface area contributed by atoms with Gasteiger partial charge in [0.05, 0.1) is 19.3 Å². The average Bonchev–Trinajstić information content (AvgIpc) is 2.65. The molecule has 1 amide bonds. The molecule has 1 N–H and O–H groups in total. The second-order valence-electron chi connectivity index (χ2n) is 7.09. The first-order valence-corrected chi connectivity index (χ1v) is 9.28. The fraction of sp³-hybridized carbons (Fsp3) is 0.409. The van der Waals surface area contributed by atoms with Gasteiger partial charge in [-0.2, -0.15) is 0 Å². The normalized spacial score (nSPS) is 16.3. The molecule has 3 rings (SSSR count). The van der Waals surface area contributed by atoms with Crippen LogP contribution in [0.15, 0.2) is 42.5 Å². The predicted molar refractivity (Wildman–Crippen MR) is 105 cm³/mol. The van der Waals surface area contributed by atoms with Gasteiger partial charge in [-0.3, -0.25) is 9.69 Å². The van der Waals surface area contributed by atoms with Crippen molar-refractivity contribution in [2.75, 3.05) is 32.8 Å². The van der Waals surface area contributed by atoms with Crippen LogP contribution < -0.4 is 5.32 Å². The molecule has 2 aromatic carbocycles. The van der Waals surface area contributed by atoms with E-state index in [4.69, 9.17) is 4.74 Å². The van der Waals surface area contributed by atoms with Crippen LogP contribution in [0.2, 0.25) is 0 Å². The van der Waals surface area contributed by atoms with E-state index in [1.807, 2.05) is 25.1 Å². The zero-order valence-corrected chi connectivity index (χ0v) is 15.9. The van der Waals surface area contributed by atoms with Crippen molar-refractivity contribution in [2.24, 2.45) is 0 Å². The number of carbonyl (C=O) groups is 1. The summed E-state index contributed by atoms with van der Waals surface area (Å²) in [5.74, 6) is -0.0148. The maximum absolute atomic E-state index is 12.6. The van der Waals surface area contributed by atoms with Crippen LogP contribution >= 0.6 is 0 Å². The van der Waals surface area contributed by atoms with Crippen molar-refractivity contribution in [3.8, 4) is 0 Å². The Labute approximate surface area is 156 Å². The monoisotopic (exact) mass is 352 g/mol. The molecule has 2 aromatic rings. The Morgan fingerprint density at radius 2 is 1.85 bits per heavy atom. The molecule has 138 valence electrons. The molecule has 0 radical (unpaired) electrons. The molecule has 4 nitrogen and oxygen atoms in total. The summed E-state index contributed by atoms with van der Waals surface area (Å²) in [7, 11) is 0. The minimum absolute atomic E-state index is 0.0148. The Balaban J connectivity index is 1.74. The van der Waals surface area contributed by atoms with Crippen LogP contribution in [0.3, 0.4) is 0 Å². The van der Waals surface area contributed by atoms with Crippen molar-refractivity contribution in [1.29, 1.82) is 0 Å². The maximum Gasteiger partial charge on any atom is 0.251 e. The molecule has 0 unspecified atom stereocenters. The second kappa shape index (κ2) is 8.47. The highest BCUT2D eigenvalue weighted by atomic mass is 16.5. The summed E-state index contributed by atoms with van der Waals surface area (Å²) in [6.07, 6.45) is 0. The van der Waals surface area contributed by atoms with Gasteiger partial charge in [0, 0.05) is 25.2 Å². The Morgan fingerprint density at radius 1 is 1.08 bits per heavy atom. The smallest absolute Gasteiger partial charge is 0.251 e. The lowest BCUT2D eigenvalue weighted by Crippen LogP contribution is -2.43. The molecule has 1 aliphatic heterocycles. The van der Waals surface area contributed by atoms with Gasteiger partial charge in [-0.1, -0.05) is 35.9 Å². The topological polar surface area (TPSA) is 41.6 Å². The quantitative estimate of drug-likeness (QED) is 0.896. The van der Waals surface area contributed by atoms with Gasteiger partial charge in [-0.25, -0.2) is 0 Å². The molecule has 1 atom stereocenters. The standard InChI is InChI=1S/C22H28N2O2/c1-16-5-4-6-19(13-16)21(24-9-11-26-12-10-24)15-23-22(25)20-8-7-17(2)18(3)14-20/h4-8,13-14,21H,9-12,15H2,1-3H3,(H,23,25)/t21-/m0/s1. The van der Waals surface area contributed by atoms with Crippen LogP contribution in [-0.2, 0) is 4.74 Å². The van der Waals surface area contributed by atoms with Crippen molar-refractivity contribution in [3.63, 3.8) is 0 Å². The highest BCUT2D eigenvalue weighted by Gasteiger charge is 2.23. The number of amides is 1. The van der Waals surface area contributed by atoms with Gasteiger partial charge in [0.15, 0.2) is 0 Å². The first-order chi connectivity index (χ1) is 12.5. The lowest BCUT2D eigenvalue weighted by atomic mass is 10.0. The fourth-order valence-electron chi connectivity index (χ4n) is 3.40. The lowest BCUT2D eigenvalue weighted by molar-refractivity contribution is 0.0162. The Kier molecular flexibility index (Phi) is 6.07. The second-order valence-corrected chi connectivity index (χ2v) is 7.09. The summed E-state index contributed by atoms with van der Waals surface area (Å²) in [6.45, 7) is 10.1. The molecule has 4 heteroatoms. The number of aryl methyl sites for hydroxylation is 3. The van der Waals surface area contributed by atoms with E-state index in [0.717, 1.165) is 37.4 Å². The molecule has 0 aliphatic carbocycles. The summed E-state index contributed by atoms with van der Waals surface area (Å²) in [6, 6.07) is 14.6. The minimum Gasteiger partial charge on any atom is -0.379 e. The SMILES string of the molecule is Cc1cccc([C@H](CNC(=O)c2ccc(C)c(C)c2)N2CCOCC2)c1. The van der Waals surface area contributed by atoms with Crippen molar-refractivity contribution in [3.05, 3.63) is 70.3 Å². The van der Waals surface area contributed by atoms with E-state index < -0.39 is 0 Å². The molecule has 0 spiro atoms. The Bertz CT molecular complexity index is 766. The van der Waals surface area contributed by atoms with Crippen LogP contribution in [0.5, 0.6) is 0 Å². The molecular weight excluding hydrogens is 324 g/mol. The zero-order chi connectivity index (χ0) is 18.5. The van der Waals surface area contributed by atoms with Crippen LogP contribution in [0.25, 0.3) is 0 Å². The largest absolute Gasteiger partial charge is 0.379 e. The highest BCUT2D eigenvalue weighted by Crippen LogP contribution is 2.22. The van der Waals surface area contributed by atoms with Crippen molar-refractivity contribution in [1.82, 2.24) is 10.2 Å². The van der Waals surface area contributed by atoms with Crippen LogP contribution in [0.1, 0.15) is 38.7 Å². The fourth-order valence-corrected chi connectivity index (χ4v) is 3.40. The average molecular weight is 352 g/mol. The first kappa shape index (κ1) is 18.6. The van der Waals surface area contributed by atoms with Crippen molar-refractivity contribution in [2.45, 2.75) is 26.8 Å². The number of nitrogens with one attached hydrogen (secondary N) is 1. The summed E-state index contributed by atoms with van der Waals surface area (Å²) in [4.78, 5) is 15.0. The number of hydrogen-bond donors (Lipinski definition) is 1. The molecule has 26 heavy (non-hydrogen) atoms. The van der Waals surface area contributed by atoms with E-state index in [1.165, 1.54) is 16.7 Å². The third-order valence-electron chi connectivity index (χ3n) is 5.14. The molecule has 0 bridgehead atoms. The number of carbonyl (C=O) groups excluding carboxylic acids is 1. The van der Waals surface area contributed by atoms with Crippen molar-refractivity contribution >= 4 is 5.91 Å². The summed E-state index contributed by atoms with van der Waals surface area (Å²) in [5, 5.41) is 3.14. The minimum atomic E-state index is -0.0148. The third-order valence-corrected chi connectivity index (χ3v) is 5.14. The van der Waals surface area contributed by atoms with E-state index in [0.29, 0.717) is 6.54 Å². The van der Waals surface area contributed by atoms with Gasteiger partial charge in [0.25, 0.3) is 5.91 Å². The van der Waals surface area contributed by atoms with E-state index in [2.05, 4.69) is 48.3 Å². The van der Waals surface area contributed by atoms with Gasteiger partial charge in [0.1, 0.15) is 0 Å². The number of benzene rings is 2. The molecule has 1 fully saturated rings. The number of hydrogen-bond acceptors (Lipinski definition) is 3. The van der Waals surface area contributed by atoms with Crippen molar-refractivity contribution < 1.29 is 9.53 Å². The number of ether oxygens (including phenoxy) is 1. The van der Waals surface area contributed by atoms with Gasteiger partial charge in [-0.15, -0.1) is 0 Å². The maximum atomic E-state index is 12.6. The summed E-state index contributed by atoms with van der Waals surface area (Å²) in [5.41, 5.74) is 5.54. The van der Waals surface area contributed by atoms with E-state index in [9.17, 15) is 4.79 Å². The molecule has 1 heterocycles. The first-order valence-electron chi connectivity index (χ1n) is 9.28. The number of nitrogens with zero attached hydrogens (tertiary/aromatic N) is 1. The predicted octanol–water partition coefficient (Wildman–Crippen LogP) is 3.42. The Hall–Kier alpha value is -2.17. The van der Waals surface area contributed by atoms with Gasteiger partial charge >= 0.3 is 0 Å². The molecule has 1 aliphatic rings. The molecule has 0 aromatic heterocycles. The van der Waals surface area contributed by atoms with Gasteiger partial charge in [-0.05, 0) is 49.6 Å². The molecule has 1 saturated heterocycles. The van der Waals surface area contributed by atoms with E-state index in [-0.39, 0.29) is 11.9 Å². The Morgan fingerprint density at radius 3 is 2.54 bits per heavy atom. The van der Waals surface area contributed by atoms with E-state index in [1.54, 1.807) is 0 Å². The van der Waals surface area contributed by atoms with Crippen LogP contribution in [-0.4, -0.2) is 43.7 Å². The third kappa shape index (κ3) is 4.51. The summed E-state index contributed by atoms with van der Waals surface area (Å²) >= 11 is 0. The number of rotatable bonds is 5. The molecular formula is C22H28N2O2. The lowest BCUT2D eigenvalue weighted by Gasteiger charge is -2.35. The van der Waals surface area contributed by atoms with Crippen LogP contribution in [0.4, 0.5) is 0 Å². The zero-order valence-electron chi connectivity index (χ0n) is 15.9. The summed E-state index contributed by atoms with van der Waals surface area (Å²) < 4.78 is 5.50. The van der Waals surface area contributed by atoms with E-state index >= 15 is 0 Å². The van der Waals surface area contributed by atoms with Gasteiger partial charge in [0.2, 0.25) is 0 Å². The van der Waals surface area contributed by atoms with Gasteiger partial charge < -0.3 is 10.1 Å². The highest BCUT2D eigenvalue weighted by molar-refractivity contribution is 5.94.